The van der Waals surface area contributed by atoms with E-state index in [1.807, 2.05) is 0 Å². The Bertz CT molecular complexity index is 590. The van der Waals surface area contributed by atoms with Crippen molar-refractivity contribution in [2.24, 2.45) is 0 Å². The number of carbonyl (C=O) groups is 3. The van der Waals surface area contributed by atoms with E-state index in [1.165, 1.54) is 13.2 Å². The van der Waals surface area contributed by atoms with Gasteiger partial charge in [-0.15, -0.1) is 0 Å². The van der Waals surface area contributed by atoms with Gasteiger partial charge in [-0.3, -0.25) is 0 Å². The molecule has 7 heteroatoms. The number of benzene rings is 1. The number of carboxylic acid groups (broad SMARTS) is 1. The van der Waals surface area contributed by atoms with E-state index in [-0.39, 0.29) is 6.42 Å². The van der Waals surface area contributed by atoms with Crippen molar-refractivity contribution in [2.75, 3.05) is 7.11 Å². The third-order valence-corrected chi connectivity index (χ3v) is 2.78. The van der Waals surface area contributed by atoms with Crippen LogP contribution >= 0.6 is 0 Å². The van der Waals surface area contributed by atoms with Gasteiger partial charge < -0.3 is 19.9 Å². The van der Waals surface area contributed by atoms with Crippen LogP contribution in [-0.2, 0) is 20.7 Å². The number of aliphatic carboxylic acids is 1. The summed E-state index contributed by atoms with van der Waals surface area (Å²) in [7, 11) is 1.26. The average Bonchev–Trinajstić information content (AvgIpc) is 2.44. The van der Waals surface area contributed by atoms with Crippen LogP contribution in [0.3, 0.4) is 0 Å². The highest BCUT2D eigenvalue weighted by atomic mass is 16.6. The van der Waals surface area contributed by atoms with Gasteiger partial charge in [0.1, 0.15) is 11.6 Å². The molecule has 0 radical (unpaired) electrons. The predicted molar refractivity (Wildman–Crippen MR) is 82.3 cm³/mol. The highest BCUT2D eigenvalue weighted by molar-refractivity contribution is 5.89. The fourth-order valence-electron chi connectivity index (χ4n) is 1.83. The first kappa shape index (κ1) is 18.5. The first-order valence-electron chi connectivity index (χ1n) is 7.02. The molecule has 0 aromatic heterocycles. The molecule has 1 amide bonds. The molecular formula is C16H21NO6. The molecule has 0 unspecified atom stereocenters. The zero-order chi connectivity index (χ0) is 17.6. The number of amides is 1. The minimum atomic E-state index is -1.20. The zero-order valence-electron chi connectivity index (χ0n) is 13.6. The Kier molecular flexibility index (Phi) is 6.12. The van der Waals surface area contributed by atoms with Gasteiger partial charge in [0.05, 0.1) is 12.7 Å². The van der Waals surface area contributed by atoms with Crippen molar-refractivity contribution in [1.82, 2.24) is 5.32 Å². The molecule has 1 atom stereocenters. The maximum absolute atomic E-state index is 11.7. The van der Waals surface area contributed by atoms with Crippen LogP contribution in [0.1, 0.15) is 36.7 Å². The molecule has 0 aliphatic rings. The third kappa shape index (κ3) is 6.37. The van der Waals surface area contributed by atoms with Gasteiger partial charge in [0, 0.05) is 6.42 Å². The topological polar surface area (TPSA) is 102 Å². The molecule has 0 bridgehead atoms. The predicted octanol–water partition coefficient (Wildman–Crippen LogP) is 1.99. The summed E-state index contributed by atoms with van der Waals surface area (Å²) in [6.45, 7) is 5.05. The molecule has 0 heterocycles. The van der Waals surface area contributed by atoms with Gasteiger partial charge in [-0.05, 0) is 38.5 Å². The number of carboxylic acids is 1. The van der Waals surface area contributed by atoms with Crippen LogP contribution in [0.2, 0.25) is 0 Å². The van der Waals surface area contributed by atoms with Crippen LogP contribution in [-0.4, -0.2) is 41.9 Å². The van der Waals surface area contributed by atoms with Crippen LogP contribution in [0.25, 0.3) is 0 Å². The summed E-state index contributed by atoms with van der Waals surface area (Å²) >= 11 is 0. The standard InChI is InChI=1S/C16H21NO6/c1-16(2,3)23-15(21)17-12(13(18)19)9-10-6-5-7-11(8-10)14(20)22-4/h5-8,12H,9H2,1-4H3,(H,17,21)(H,18,19)/t12-/m1/s1. The molecule has 0 saturated heterocycles. The number of nitrogens with one attached hydrogen (secondary N) is 1. The van der Waals surface area contributed by atoms with E-state index in [2.05, 4.69) is 10.1 Å². The SMILES string of the molecule is COC(=O)c1cccc(C[C@@H](NC(=O)OC(C)(C)C)C(=O)O)c1. The van der Waals surface area contributed by atoms with Gasteiger partial charge >= 0.3 is 18.0 Å². The summed E-state index contributed by atoms with van der Waals surface area (Å²) in [5, 5.41) is 11.6. The summed E-state index contributed by atoms with van der Waals surface area (Å²) in [5.41, 5.74) is 0.167. The van der Waals surface area contributed by atoms with Crippen molar-refractivity contribution in [2.45, 2.75) is 38.8 Å². The molecule has 0 fully saturated rings. The first-order valence-corrected chi connectivity index (χ1v) is 7.02. The molecule has 1 aromatic carbocycles. The highest BCUT2D eigenvalue weighted by Gasteiger charge is 2.24. The lowest BCUT2D eigenvalue weighted by Crippen LogP contribution is -2.44. The summed E-state index contributed by atoms with van der Waals surface area (Å²) < 4.78 is 9.67. The number of carbonyl (C=O) groups excluding carboxylic acids is 2. The van der Waals surface area contributed by atoms with Gasteiger partial charge in [-0.2, -0.15) is 0 Å². The fourth-order valence-corrected chi connectivity index (χ4v) is 1.83. The Morgan fingerprint density at radius 2 is 1.91 bits per heavy atom. The molecule has 2 N–H and O–H groups in total. The molecule has 1 rings (SSSR count). The van der Waals surface area contributed by atoms with E-state index >= 15 is 0 Å². The van der Waals surface area contributed by atoms with Crippen LogP contribution in [0.5, 0.6) is 0 Å². The van der Waals surface area contributed by atoms with Gasteiger partial charge in [0.2, 0.25) is 0 Å². The molecule has 126 valence electrons. The van der Waals surface area contributed by atoms with E-state index in [4.69, 9.17) is 4.74 Å². The Balaban J connectivity index is 2.82. The van der Waals surface area contributed by atoms with Gasteiger partial charge in [-0.1, -0.05) is 12.1 Å². The Hall–Kier alpha value is -2.57. The summed E-state index contributed by atoms with van der Waals surface area (Å²) in [5.74, 6) is -1.71. The van der Waals surface area contributed by atoms with Gasteiger partial charge in [-0.25, -0.2) is 14.4 Å². The lowest BCUT2D eigenvalue weighted by molar-refractivity contribution is -0.139. The molecule has 0 aliphatic heterocycles. The molecule has 23 heavy (non-hydrogen) atoms. The summed E-state index contributed by atoms with van der Waals surface area (Å²) in [6.07, 6.45) is -0.798. The van der Waals surface area contributed by atoms with E-state index in [9.17, 15) is 19.5 Å². The Labute approximate surface area is 134 Å². The largest absolute Gasteiger partial charge is 0.480 e. The normalized spacial score (nSPS) is 12.2. The molecular weight excluding hydrogens is 302 g/mol. The second-order valence-corrected chi connectivity index (χ2v) is 5.93. The number of alkyl carbamates (subject to hydrolysis) is 1. The molecule has 0 spiro atoms. The third-order valence-electron chi connectivity index (χ3n) is 2.78. The maximum atomic E-state index is 11.7. The smallest absolute Gasteiger partial charge is 0.408 e. The second-order valence-electron chi connectivity index (χ2n) is 5.93. The van der Waals surface area contributed by atoms with E-state index in [0.29, 0.717) is 11.1 Å². The van der Waals surface area contributed by atoms with E-state index in [0.717, 1.165) is 0 Å². The van der Waals surface area contributed by atoms with Crippen molar-refractivity contribution in [1.29, 1.82) is 0 Å². The second kappa shape index (κ2) is 7.62. The Morgan fingerprint density at radius 3 is 2.43 bits per heavy atom. The quantitative estimate of drug-likeness (QED) is 0.804. The molecule has 0 aliphatic carbocycles. The lowest BCUT2D eigenvalue weighted by Gasteiger charge is -2.22. The zero-order valence-corrected chi connectivity index (χ0v) is 13.6. The van der Waals surface area contributed by atoms with Crippen LogP contribution < -0.4 is 5.32 Å². The monoisotopic (exact) mass is 323 g/mol. The maximum Gasteiger partial charge on any atom is 0.408 e. The highest BCUT2D eigenvalue weighted by Crippen LogP contribution is 2.11. The minimum absolute atomic E-state index is 0.0133. The molecule has 7 nitrogen and oxygen atoms in total. The molecule has 1 aromatic rings. The lowest BCUT2D eigenvalue weighted by atomic mass is 10.0. The van der Waals surface area contributed by atoms with Crippen LogP contribution in [0.15, 0.2) is 24.3 Å². The number of hydrogen-bond donors (Lipinski definition) is 2. The summed E-state index contributed by atoms with van der Waals surface area (Å²) in [6, 6.07) is 5.20. The fraction of sp³-hybridized carbons (Fsp3) is 0.438. The van der Waals surface area contributed by atoms with Gasteiger partial charge in [0.25, 0.3) is 0 Å². The van der Waals surface area contributed by atoms with E-state index in [1.54, 1.807) is 39.0 Å². The van der Waals surface area contributed by atoms with Crippen molar-refractivity contribution in [3.63, 3.8) is 0 Å². The number of esters is 1. The minimum Gasteiger partial charge on any atom is -0.480 e. The number of rotatable bonds is 5. The Morgan fingerprint density at radius 1 is 1.26 bits per heavy atom. The summed E-state index contributed by atoms with van der Waals surface area (Å²) in [4.78, 5) is 34.5. The van der Waals surface area contributed by atoms with Crippen molar-refractivity contribution < 1.29 is 29.0 Å². The van der Waals surface area contributed by atoms with Crippen LogP contribution in [0.4, 0.5) is 4.79 Å². The molecule has 0 saturated carbocycles. The number of ether oxygens (including phenoxy) is 2. The average molecular weight is 323 g/mol. The van der Waals surface area contributed by atoms with Gasteiger partial charge in [0.15, 0.2) is 0 Å². The first-order chi connectivity index (χ1) is 10.6. The number of hydrogen-bond acceptors (Lipinski definition) is 5. The van der Waals surface area contributed by atoms with Crippen molar-refractivity contribution in [3.8, 4) is 0 Å². The number of methoxy groups -OCH3 is 1. The van der Waals surface area contributed by atoms with E-state index < -0.39 is 29.7 Å². The van der Waals surface area contributed by atoms with Crippen molar-refractivity contribution >= 4 is 18.0 Å². The van der Waals surface area contributed by atoms with Crippen molar-refractivity contribution in [3.05, 3.63) is 35.4 Å². The van der Waals surface area contributed by atoms with Crippen LogP contribution in [0, 0.1) is 0 Å².